The van der Waals surface area contributed by atoms with Crippen molar-refractivity contribution >= 4 is 16.7 Å². The van der Waals surface area contributed by atoms with E-state index < -0.39 is 0 Å². The second-order valence-corrected chi connectivity index (χ2v) is 6.88. The number of nitrogens with one attached hydrogen (secondary N) is 1. The molecule has 0 spiro atoms. The largest absolute Gasteiger partial charge is 0.357 e. The van der Waals surface area contributed by atoms with Crippen LogP contribution in [0.25, 0.3) is 10.9 Å². The lowest BCUT2D eigenvalue weighted by molar-refractivity contribution is 0.0841. The number of carbonyl (C=O) groups is 1. The highest BCUT2D eigenvalue weighted by molar-refractivity contribution is 6.09. The highest BCUT2D eigenvalue weighted by Gasteiger charge is 2.37. The monoisotopic (exact) mass is 296 g/mol. The number of benzene rings is 1. The van der Waals surface area contributed by atoms with E-state index in [0.717, 1.165) is 35.3 Å². The van der Waals surface area contributed by atoms with E-state index in [1.54, 1.807) is 0 Å². The molecular weight excluding hydrogens is 272 g/mol. The average Bonchev–Trinajstić information content (AvgIpc) is 2.95. The van der Waals surface area contributed by atoms with Crippen molar-refractivity contribution in [2.24, 2.45) is 5.92 Å². The molecule has 1 aromatic heterocycles. The predicted molar refractivity (Wildman–Crippen MR) is 89.4 cm³/mol. The number of rotatable bonds is 4. The predicted octanol–water partition coefficient (Wildman–Crippen LogP) is 3.96. The van der Waals surface area contributed by atoms with E-state index in [1.807, 2.05) is 12.1 Å². The van der Waals surface area contributed by atoms with E-state index in [4.69, 9.17) is 0 Å². The number of aromatic amines is 1. The Morgan fingerprint density at radius 1 is 1.27 bits per heavy atom. The fourth-order valence-corrected chi connectivity index (χ4v) is 4.39. The molecule has 3 aliphatic rings. The summed E-state index contributed by atoms with van der Waals surface area (Å²) in [5, 5.41) is 1.12. The van der Waals surface area contributed by atoms with Crippen LogP contribution in [0.15, 0.2) is 24.3 Å². The third-order valence-electron chi connectivity index (χ3n) is 5.52. The molecule has 2 aromatic rings. The van der Waals surface area contributed by atoms with Crippen molar-refractivity contribution in [3.63, 3.8) is 0 Å². The van der Waals surface area contributed by atoms with Gasteiger partial charge in [-0.1, -0.05) is 25.1 Å². The molecule has 1 atom stereocenters. The summed E-state index contributed by atoms with van der Waals surface area (Å²) in [6.45, 7) is 5.67. The lowest BCUT2D eigenvalue weighted by Gasteiger charge is -2.44. The maximum absolute atomic E-state index is 12.8. The molecule has 3 aliphatic heterocycles. The van der Waals surface area contributed by atoms with Gasteiger partial charge in [0.25, 0.3) is 0 Å². The molecule has 2 bridgehead atoms. The second-order valence-electron chi connectivity index (χ2n) is 6.88. The molecule has 4 heterocycles. The van der Waals surface area contributed by atoms with Gasteiger partial charge in [0.05, 0.1) is 0 Å². The number of hydrogen-bond acceptors (Lipinski definition) is 2. The number of Topliss-reactive ketones (excluding diaryl/α,β-unsaturated/α-hetero) is 1. The van der Waals surface area contributed by atoms with Crippen LogP contribution in [-0.4, -0.2) is 35.3 Å². The molecule has 0 aliphatic carbocycles. The summed E-state index contributed by atoms with van der Waals surface area (Å²) in [6, 6.07) is 8.29. The van der Waals surface area contributed by atoms with Crippen LogP contribution in [0.2, 0.25) is 0 Å². The molecule has 1 unspecified atom stereocenters. The van der Waals surface area contributed by atoms with Gasteiger partial charge in [-0.3, -0.25) is 4.79 Å². The first-order chi connectivity index (χ1) is 10.8. The number of piperidine rings is 3. The number of fused-ring (bicyclic) bond motifs is 4. The van der Waals surface area contributed by atoms with Crippen molar-refractivity contribution in [3.8, 4) is 0 Å². The van der Waals surface area contributed by atoms with Crippen molar-refractivity contribution < 1.29 is 4.79 Å². The van der Waals surface area contributed by atoms with E-state index in [0.29, 0.717) is 18.1 Å². The lowest BCUT2D eigenvalue weighted by atomic mass is 9.76. The van der Waals surface area contributed by atoms with Gasteiger partial charge in [-0.25, -0.2) is 0 Å². The topological polar surface area (TPSA) is 36.1 Å². The zero-order valence-electron chi connectivity index (χ0n) is 13.3. The quantitative estimate of drug-likeness (QED) is 0.867. The Bertz CT molecular complexity index is 695. The fraction of sp³-hybridized carbons (Fsp3) is 0.526. The number of ketones is 1. The summed E-state index contributed by atoms with van der Waals surface area (Å²) in [4.78, 5) is 18.9. The van der Waals surface area contributed by atoms with Gasteiger partial charge in [0.1, 0.15) is 0 Å². The van der Waals surface area contributed by atoms with Gasteiger partial charge in [-0.15, -0.1) is 0 Å². The van der Waals surface area contributed by atoms with Crippen molar-refractivity contribution in [2.75, 3.05) is 19.6 Å². The van der Waals surface area contributed by atoms with Gasteiger partial charge in [0.2, 0.25) is 0 Å². The maximum atomic E-state index is 12.8. The Hall–Kier alpha value is -1.61. The maximum Gasteiger partial charge on any atom is 0.165 e. The first-order valence-corrected chi connectivity index (χ1v) is 8.64. The Balaban J connectivity index is 1.82. The normalized spacial score (nSPS) is 27.4. The molecule has 22 heavy (non-hydrogen) atoms. The van der Waals surface area contributed by atoms with Gasteiger partial charge < -0.3 is 9.88 Å². The van der Waals surface area contributed by atoms with Gasteiger partial charge >= 0.3 is 0 Å². The van der Waals surface area contributed by atoms with Gasteiger partial charge in [0.15, 0.2) is 5.78 Å². The van der Waals surface area contributed by atoms with Crippen LogP contribution in [-0.2, 0) is 0 Å². The van der Waals surface area contributed by atoms with Gasteiger partial charge in [0, 0.05) is 41.0 Å². The molecule has 3 heteroatoms. The van der Waals surface area contributed by atoms with Crippen LogP contribution in [0.5, 0.6) is 0 Å². The van der Waals surface area contributed by atoms with Crippen molar-refractivity contribution in [2.45, 2.75) is 38.5 Å². The van der Waals surface area contributed by atoms with Gasteiger partial charge in [-0.2, -0.15) is 0 Å². The van der Waals surface area contributed by atoms with E-state index in [2.05, 4.69) is 28.9 Å². The minimum atomic E-state index is 0.311. The van der Waals surface area contributed by atoms with E-state index in [1.165, 1.54) is 31.6 Å². The van der Waals surface area contributed by atoms with Crippen molar-refractivity contribution in [3.05, 3.63) is 35.5 Å². The Labute approximate surface area is 131 Å². The summed E-state index contributed by atoms with van der Waals surface area (Å²) >= 11 is 0. The first-order valence-electron chi connectivity index (χ1n) is 8.64. The summed E-state index contributed by atoms with van der Waals surface area (Å²) in [7, 11) is 0. The number of carbonyl (C=O) groups excluding carboxylic acids is 1. The highest BCUT2D eigenvalue weighted by atomic mass is 16.1. The standard InChI is InChI=1S/C19H24N2O/c1-2-5-17(22)18-14-6-3-4-7-16(14)20-19(18)15-12-21-10-8-13(15)9-11-21/h3-4,6-7,13,15,20H,2,5,8-12H2,1H3. The van der Waals surface area contributed by atoms with Crippen LogP contribution in [0, 0.1) is 5.92 Å². The van der Waals surface area contributed by atoms with Crippen LogP contribution in [0.3, 0.4) is 0 Å². The van der Waals surface area contributed by atoms with Crippen LogP contribution < -0.4 is 0 Å². The second kappa shape index (κ2) is 5.54. The molecule has 0 amide bonds. The molecule has 0 radical (unpaired) electrons. The van der Waals surface area contributed by atoms with Crippen LogP contribution in [0.4, 0.5) is 0 Å². The molecule has 3 nitrogen and oxygen atoms in total. The number of aromatic nitrogens is 1. The fourth-order valence-electron chi connectivity index (χ4n) is 4.39. The SMILES string of the molecule is CCCC(=O)c1c(C2CN3CCC2CC3)[nH]c2ccccc12. The molecule has 3 fully saturated rings. The summed E-state index contributed by atoms with van der Waals surface area (Å²) < 4.78 is 0. The van der Waals surface area contributed by atoms with Gasteiger partial charge in [-0.05, 0) is 44.3 Å². The Morgan fingerprint density at radius 3 is 2.73 bits per heavy atom. The van der Waals surface area contributed by atoms with E-state index in [-0.39, 0.29) is 0 Å². The zero-order chi connectivity index (χ0) is 15.1. The van der Waals surface area contributed by atoms with Crippen molar-refractivity contribution in [1.29, 1.82) is 0 Å². The molecule has 5 rings (SSSR count). The smallest absolute Gasteiger partial charge is 0.165 e. The third-order valence-corrected chi connectivity index (χ3v) is 5.52. The number of H-pyrrole nitrogens is 1. The van der Waals surface area contributed by atoms with E-state index in [9.17, 15) is 4.79 Å². The number of para-hydroxylation sites is 1. The molecule has 0 saturated carbocycles. The molecule has 116 valence electrons. The first kappa shape index (κ1) is 14.0. The summed E-state index contributed by atoms with van der Waals surface area (Å²) in [5.41, 5.74) is 3.32. The lowest BCUT2D eigenvalue weighted by Crippen LogP contribution is -2.46. The zero-order valence-corrected chi connectivity index (χ0v) is 13.3. The summed E-state index contributed by atoms with van der Waals surface area (Å²) in [5.74, 6) is 1.56. The third kappa shape index (κ3) is 2.19. The highest BCUT2D eigenvalue weighted by Crippen LogP contribution is 2.41. The number of hydrogen-bond donors (Lipinski definition) is 1. The van der Waals surface area contributed by atoms with Crippen LogP contribution >= 0.6 is 0 Å². The molecule has 1 aromatic carbocycles. The van der Waals surface area contributed by atoms with Crippen molar-refractivity contribution in [1.82, 2.24) is 9.88 Å². The minimum absolute atomic E-state index is 0.311. The average molecular weight is 296 g/mol. The van der Waals surface area contributed by atoms with Crippen LogP contribution in [0.1, 0.15) is 54.6 Å². The minimum Gasteiger partial charge on any atom is -0.357 e. The molecule has 1 N–H and O–H groups in total. The Morgan fingerprint density at radius 2 is 2.05 bits per heavy atom. The summed E-state index contributed by atoms with van der Waals surface area (Å²) in [6.07, 6.45) is 4.12. The Kier molecular flexibility index (Phi) is 3.53. The molecule has 3 saturated heterocycles. The molecular formula is C19H24N2O. The van der Waals surface area contributed by atoms with E-state index >= 15 is 0 Å². The number of nitrogens with zero attached hydrogens (tertiary/aromatic N) is 1.